The minimum absolute atomic E-state index is 0.0206. The topological polar surface area (TPSA) is 93.4 Å². The number of hydrogen-bond acceptors (Lipinski definition) is 5. The van der Waals surface area contributed by atoms with Crippen LogP contribution in [0.2, 0.25) is 5.02 Å². The Labute approximate surface area is 162 Å². The van der Waals surface area contributed by atoms with Gasteiger partial charge >= 0.3 is 0 Å². The fraction of sp³-hybridized carbons (Fsp3) is 0.111. The van der Waals surface area contributed by atoms with Gasteiger partial charge in [0.25, 0.3) is 0 Å². The highest BCUT2D eigenvalue weighted by molar-refractivity contribution is 7.92. The van der Waals surface area contributed by atoms with Crippen LogP contribution in [0.25, 0.3) is 0 Å². The average Bonchev–Trinajstić information content (AvgIpc) is 3.17. The molecular formula is C18H16ClNO5S2. The molecule has 1 aromatic heterocycles. The second-order valence-corrected chi connectivity index (χ2v) is 10.0. The van der Waals surface area contributed by atoms with Crippen LogP contribution in [-0.2, 0) is 19.9 Å². The first-order chi connectivity index (χ1) is 12.8. The lowest BCUT2D eigenvalue weighted by Crippen LogP contribution is -2.31. The molecular weight excluding hydrogens is 410 g/mol. The molecule has 0 radical (unpaired) electrons. The van der Waals surface area contributed by atoms with E-state index in [1.807, 2.05) is 0 Å². The number of nitrogens with one attached hydrogen (secondary N) is 1. The Hall–Kier alpha value is -2.13. The number of rotatable bonds is 7. The quantitative estimate of drug-likeness (QED) is 0.625. The molecule has 0 fully saturated rings. The second kappa shape index (κ2) is 7.85. The molecule has 0 amide bonds. The highest BCUT2D eigenvalue weighted by Crippen LogP contribution is 2.30. The second-order valence-electron chi connectivity index (χ2n) is 5.67. The zero-order valence-electron chi connectivity index (χ0n) is 13.9. The van der Waals surface area contributed by atoms with Crippen molar-refractivity contribution in [2.24, 2.45) is 0 Å². The van der Waals surface area contributed by atoms with E-state index in [9.17, 15) is 16.8 Å². The Morgan fingerprint density at radius 2 is 1.52 bits per heavy atom. The maximum absolute atomic E-state index is 13.1. The Balaban J connectivity index is 1.92. The van der Waals surface area contributed by atoms with Crippen LogP contribution in [0, 0.1) is 0 Å². The largest absolute Gasteiger partial charge is 0.468 e. The van der Waals surface area contributed by atoms with Crippen molar-refractivity contribution in [1.82, 2.24) is 4.72 Å². The van der Waals surface area contributed by atoms with E-state index in [0.717, 1.165) is 0 Å². The molecule has 27 heavy (non-hydrogen) atoms. The van der Waals surface area contributed by atoms with Crippen molar-refractivity contribution in [3.05, 3.63) is 83.8 Å². The minimum Gasteiger partial charge on any atom is -0.468 e. The van der Waals surface area contributed by atoms with Gasteiger partial charge < -0.3 is 4.42 Å². The van der Waals surface area contributed by atoms with Gasteiger partial charge in [0.2, 0.25) is 10.0 Å². The first-order valence-electron chi connectivity index (χ1n) is 7.88. The highest BCUT2D eigenvalue weighted by Gasteiger charge is 2.32. The normalized spacial score (nSPS) is 13.4. The zero-order valence-corrected chi connectivity index (χ0v) is 16.3. The van der Waals surface area contributed by atoms with Gasteiger partial charge in [0.15, 0.2) is 9.84 Å². The smallest absolute Gasteiger partial charge is 0.240 e. The summed E-state index contributed by atoms with van der Waals surface area (Å²) in [4.78, 5) is 0.0688. The summed E-state index contributed by atoms with van der Waals surface area (Å²) < 4.78 is 58.7. The van der Waals surface area contributed by atoms with Gasteiger partial charge in [-0.25, -0.2) is 21.6 Å². The molecule has 1 heterocycles. The Kier molecular flexibility index (Phi) is 5.71. The van der Waals surface area contributed by atoms with Gasteiger partial charge in [-0.1, -0.05) is 29.8 Å². The van der Waals surface area contributed by atoms with Crippen molar-refractivity contribution in [3.63, 3.8) is 0 Å². The zero-order chi connectivity index (χ0) is 19.5. The van der Waals surface area contributed by atoms with Crippen LogP contribution in [0.5, 0.6) is 0 Å². The molecule has 9 heteroatoms. The van der Waals surface area contributed by atoms with E-state index in [1.165, 1.54) is 48.7 Å². The van der Waals surface area contributed by atoms with Crippen molar-refractivity contribution in [2.45, 2.75) is 15.0 Å². The molecule has 0 bridgehead atoms. The van der Waals surface area contributed by atoms with Gasteiger partial charge in [-0.05, 0) is 48.5 Å². The lowest BCUT2D eigenvalue weighted by Gasteiger charge is -2.17. The van der Waals surface area contributed by atoms with E-state index in [2.05, 4.69) is 4.72 Å². The van der Waals surface area contributed by atoms with E-state index in [0.29, 0.717) is 5.02 Å². The summed E-state index contributed by atoms with van der Waals surface area (Å²) in [6.07, 6.45) is 1.34. The number of halogens is 1. The molecule has 3 rings (SSSR count). The summed E-state index contributed by atoms with van der Waals surface area (Å²) in [6.45, 7) is -0.379. The van der Waals surface area contributed by atoms with Crippen LogP contribution >= 0.6 is 11.6 Å². The van der Waals surface area contributed by atoms with Crippen LogP contribution in [0.1, 0.15) is 11.0 Å². The molecule has 1 atom stereocenters. The predicted octanol–water partition coefficient (Wildman–Crippen LogP) is 3.43. The molecule has 0 saturated heterocycles. The van der Waals surface area contributed by atoms with Crippen LogP contribution < -0.4 is 4.72 Å². The average molecular weight is 426 g/mol. The van der Waals surface area contributed by atoms with E-state index in [-0.39, 0.29) is 22.1 Å². The molecule has 0 aliphatic carbocycles. The van der Waals surface area contributed by atoms with Gasteiger partial charge in [0.1, 0.15) is 11.0 Å². The number of furan rings is 1. The van der Waals surface area contributed by atoms with Crippen LogP contribution in [-0.4, -0.2) is 23.4 Å². The fourth-order valence-electron chi connectivity index (χ4n) is 2.49. The molecule has 3 aromatic rings. The van der Waals surface area contributed by atoms with Gasteiger partial charge in [0, 0.05) is 11.6 Å². The number of benzene rings is 2. The molecule has 1 N–H and O–H groups in total. The molecule has 2 aromatic carbocycles. The van der Waals surface area contributed by atoms with Crippen LogP contribution in [0.4, 0.5) is 0 Å². The summed E-state index contributed by atoms with van der Waals surface area (Å²) in [5.74, 6) is 0.140. The van der Waals surface area contributed by atoms with Crippen LogP contribution in [0.15, 0.2) is 87.2 Å². The Morgan fingerprint density at radius 3 is 2.11 bits per heavy atom. The van der Waals surface area contributed by atoms with E-state index in [1.54, 1.807) is 24.3 Å². The maximum Gasteiger partial charge on any atom is 0.240 e. The molecule has 6 nitrogen and oxygen atoms in total. The molecule has 0 aliphatic rings. The van der Waals surface area contributed by atoms with Gasteiger partial charge in [-0.3, -0.25) is 0 Å². The molecule has 1 unspecified atom stereocenters. The van der Waals surface area contributed by atoms with E-state index in [4.69, 9.17) is 16.0 Å². The number of sulfonamides is 1. The first kappa shape index (κ1) is 19.6. The predicted molar refractivity (Wildman–Crippen MR) is 102 cm³/mol. The monoisotopic (exact) mass is 425 g/mol. The van der Waals surface area contributed by atoms with Gasteiger partial charge in [0.05, 0.1) is 16.1 Å². The third kappa shape index (κ3) is 4.41. The van der Waals surface area contributed by atoms with Gasteiger partial charge in [-0.2, -0.15) is 0 Å². The lowest BCUT2D eigenvalue weighted by atomic mass is 10.3. The molecule has 0 saturated carbocycles. The molecule has 0 aliphatic heterocycles. The van der Waals surface area contributed by atoms with Crippen LogP contribution in [0.3, 0.4) is 0 Å². The van der Waals surface area contributed by atoms with E-state index < -0.39 is 25.1 Å². The Bertz CT molecular complexity index is 1090. The lowest BCUT2D eigenvalue weighted by molar-refractivity contribution is 0.486. The van der Waals surface area contributed by atoms with Crippen molar-refractivity contribution < 1.29 is 21.3 Å². The number of hydrogen-bond donors (Lipinski definition) is 1. The van der Waals surface area contributed by atoms with Crippen molar-refractivity contribution in [1.29, 1.82) is 0 Å². The highest BCUT2D eigenvalue weighted by atomic mass is 35.5. The van der Waals surface area contributed by atoms with Crippen molar-refractivity contribution >= 4 is 31.5 Å². The van der Waals surface area contributed by atoms with Gasteiger partial charge in [-0.15, -0.1) is 0 Å². The maximum atomic E-state index is 13.1. The third-order valence-electron chi connectivity index (χ3n) is 3.89. The first-order valence-corrected chi connectivity index (χ1v) is 11.3. The summed E-state index contributed by atoms with van der Waals surface area (Å²) in [7, 11) is -7.80. The SMILES string of the molecule is O=S(=O)(NCC(c1ccco1)S(=O)(=O)c1ccc(Cl)cc1)c1ccccc1. The number of sulfone groups is 1. The fourth-order valence-corrected chi connectivity index (χ4v) is 5.38. The Morgan fingerprint density at radius 1 is 0.852 bits per heavy atom. The van der Waals surface area contributed by atoms with Crippen molar-refractivity contribution in [2.75, 3.05) is 6.54 Å². The summed E-state index contributed by atoms with van der Waals surface area (Å²) in [5, 5.41) is -0.833. The minimum atomic E-state index is -3.92. The standard InChI is InChI=1S/C18H16ClNO5S2/c19-14-8-10-15(11-9-14)26(21,22)18(17-7-4-12-25-17)13-20-27(23,24)16-5-2-1-3-6-16/h1-12,18,20H,13H2. The summed E-state index contributed by atoms with van der Waals surface area (Å²) in [5.41, 5.74) is 0. The van der Waals surface area contributed by atoms with E-state index >= 15 is 0 Å². The summed E-state index contributed by atoms with van der Waals surface area (Å²) >= 11 is 5.82. The summed E-state index contributed by atoms with van der Waals surface area (Å²) in [6, 6.07) is 16.4. The van der Waals surface area contributed by atoms with Crippen molar-refractivity contribution in [3.8, 4) is 0 Å². The third-order valence-corrected chi connectivity index (χ3v) is 7.66. The molecule has 0 spiro atoms. The molecule has 142 valence electrons.